The molecule has 2 aromatic carbocycles. The van der Waals surface area contributed by atoms with Crippen LogP contribution in [0.5, 0.6) is 17.2 Å². The average Bonchev–Trinajstić information content (AvgIpc) is 2.81. The minimum Gasteiger partial charge on any atom is -0.493 e. The number of aromatic amines is 1. The van der Waals surface area contributed by atoms with Gasteiger partial charge in [0.15, 0.2) is 16.7 Å². The van der Waals surface area contributed by atoms with Crippen LogP contribution in [0.1, 0.15) is 29.0 Å². The fourth-order valence-electron chi connectivity index (χ4n) is 3.82. The monoisotopic (exact) mass is 471 g/mol. The van der Waals surface area contributed by atoms with Crippen molar-refractivity contribution in [1.29, 1.82) is 0 Å². The summed E-state index contributed by atoms with van der Waals surface area (Å²) in [4.78, 5) is 32.9. The van der Waals surface area contributed by atoms with E-state index in [0.717, 1.165) is 5.56 Å². The van der Waals surface area contributed by atoms with Crippen molar-refractivity contribution in [2.45, 2.75) is 23.2 Å². The molecule has 0 unspecified atom stereocenters. The first-order valence-electron chi connectivity index (χ1n) is 10.0. The van der Waals surface area contributed by atoms with Crippen molar-refractivity contribution in [3.05, 3.63) is 69.3 Å². The fraction of sp³-hybridized carbons (Fsp3) is 0.261. The Labute approximate surface area is 193 Å². The van der Waals surface area contributed by atoms with Gasteiger partial charge in [0.1, 0.15) is 11.6 Å². The summed E-state index contributed by atoms with van der Waals surface area (Å²) in [7, 11) is 4.49. The van der Waals surface area contributed by atoms with Crippen LogP contribution < -0.4 is 25.1 Å². The number of halogens is 1. The second kappa shape index (κ2) is 9.53. The quantitative estimate of drug-likeness (QED) is 0.400. The van der Waals surface area contributed by atoms with Gasteiger partial charge in [0.2, 0.25) is 11.7 Å². The third-order valence-electron chi connectivity index (χ3n) is 5.33. The Hall–Kier alpha value is -3.53. The van der Waals surface area contributed by atoms with Crippen molar-refractivity contribution in [2.75, 3.05) is 26.6 Å². The Kier molecular flexibility index (Phi) is 6.55. The second-order valence-electron chi connectivity index (χ2n) is 7.28. The van der Waals surface area contributed by atoms with Gasteiger partial charge in [0.25, 0.3) is 5.56 Å². The molecule has 0 saturated carbocycles. The molecule has 8 nitrogen and oxygen atoms in total. The number of nitrogens with zero attached hydrogens (tertiary/aromatic N) is 1. The van der Waals surface area contributed by atoms with Gasteiger partial charge in [-0.2, -0.15) is 0 Å². The van der Waals surface area contributed by atoms with Crippen molar-refractivity contribution in [2.24, 2.45) is 0 Å². The number of anilines is 1. The molecule has 10 heteroatoms. The summed E-state index contributed by atoms with van der Waals surface area (Å²) in [5.41, 5.74) is 1.47. The molecule has 0 spiro atoms. The number of aromatic nitrogens is 2. The SMILES string of the molecule is COc1ccc([C@@H]2CC(=O)Nc3nc(SCc4ccc(F)cc4)[nH]c(=O)c32)c(OC)c1OC. The number of thioether (sulfide) groups is 1. The molecule has 172 valence electrons. The first-order chi connectivity index (χ1) is 15.9. The van der Waals surface area contributed by atoms with E-state index in [1.165, 1.54) is 45.2 Å². The summed E-state index contributed by atoms with van der Waals surface area (Å²) < 4.78 is 29.5. The molecule has 0 bridgehead atoms. The molecule has 4 rings (SSSR count). The highest BCUT2D eigenvalue weighted by molar-refractivity contribution is 7.98. The fourth-order valence-corrected chi connectivity index (χ4v) is 4.63. The molecular formula is C23H22FN3O5S. The van der Waals surface area contributed by atoms with E-state index < -0.39 is 5.92 Å². The van der Waals surface area contributed by atoms with Crippen LogP contribution in [0.2, 0.25) is 0 Å². The minimum absolute atomic E-state index is 0.0473. The summed E-state index contributed by atoms with van der Waals surface area (Å²) in [6.07, 6.45) is 0.0473. The van der Waals surface area contributed by atoms with Gasteiger partial charge in [-0.05, 0) is 23.8 Å². The Balaban J connectivity index is 1.72. The van der Waals surface area contributed by atoms with Crippen LogP contribution in [0, 0.1) is 5.82 Å². The van der Waals surface area contributed by atoms with Crippen molar-refractivity contribution in [3.8, 4) is 17.2 Å². The first-order valence-corrected chi connectivity index (χ1v) is 11.0. The molecule has 0 aliphatic carbocycles. The van der Waals surface area contributed by atoms with Gasteiger partial charge in [0.05, 0.1) is 26.9 Å². The zero-order chi connectivity index (χ0) is 23.5. The Morgan fingerprint density at radius 1 is 1.03 bits per heavy atom. The third kappa shape index (κ3) is 4.51. The number of benzene rings is 2. The zero-order valence-corrected chi connectivity index (χ0v) is 19.0. The smallest absolute Gasteiger partial charge is 0.257 e. The van der Waals surface area contributed by atoms with E-state index in [1.807, 2.05) is 0 Å². The molecule has 1 atom stereocenters. The van der Waals surface area contributed by atoms with Crippen LogP contribution >= 0.6 is 11.8 Å². The van der Waals surface area contributed by atoms with Gasteiger partial charge in [-0.25, -0.2) is 9.37 Å². The Bertz CT molecular complexity index is 1250. The number of methoxy groups -OCH3 is 3. The number of rotatable bonds is 7. The van der Waals surface area contributed by atoms with Crippen molar-refractivity contribution in [1.82, 2.24) is 9.97 Å². The number of H-pyrrole nitrogens is 1. The zero-order valence-electron chi connectivity index (χ0n) is 18.2. The Morgan fingerprint density at radius 3 is 2.42 bits per heavy atom. The van der Waals surface area contributed by atoms with Gasteiger partial charge in [0, 0.05) is 23.7 Å². The largest absolute Gasteiger partial charge is 0.493 e. The molecule has 33 heavy (non-hydrogen) atoms. The molecule has 1 amide bonds. The minimum atomic E-state index is -0.587. The van der Waals surface area contributed by atoms with Gasteiger partial charge >= 0.3 is 0 Å². The molecule has 1 aromatic heterocycles. The van der Waals surface area contributed by atoms with Gasteiger partial charge in [-0.1, -0.05) is 30.0 Å². The second-order valence-corrected chi connectivity index (χ2v) is 8.24. The van der Waals surface area contributed by atoms with Crippen LogP contribution in [0.4, 0.5) is 10.2 Å². The standard InChI is InChI=1S/C23H22FN3O5S/c1-30-16-9-8-14(19(31-2)20(16)32-3)15-10-17(28)25-21-18(15)22(29)27-23(26-21)33-11-12-4-6-13(24)7-5-12/h4-9,15H,10-11H2,1-3H3,(H2,25,26,27,28,29)/t15-/m0/s1. The van der Waals surface area contributed by atoms with Crippen LogP contribution in [-0.4, -0.2) is 37.2 Å². The number of amides is 1. The van der Waals surface area contributed by atoms with Crippen molar-refractivity contribution in [3.63, 3.8) is 0 Å². The molecule has 0 radical (unpaired) electrons. The third-order valence-corrected chi connectivity index (χ3v) is 6.27. The molecule has 0 saturated heterocycles. The molecule has 3 aromatic rings. The molecule has 1 aliphatic heterocycles. The van der Waals surface area contributed by atoms with Crippen LogP contribution in [-0.2, 0) is 10.5 Å². The van der Waals surface area contributed by atoms with Gasteiger partial charge in [-0.3, -0.25) is 9.59 Å². The molecule has 1 aliphatic rings. The number of fused-ring (bicyclic) bond motifs is 1. The maximum atomic E-state index is 13.1. The van der Waals surface area contributed by atoms with E-state index in [2.05, 4.69) is 15.3 Å². The van der Waals surface area contributed by atoms with Crippen LogP contribution in [0.15, 0.2) is 46.3 Å². The number of nitrogens with one attached hydrogen (secondary N) is 2. The molecule has 2 heterocycles. The average molecular weight is 472 g/mol. The maximum absolute atomic E-state index is 13.1. The highest BCUT2D eigenvalue weighted by Gasteiger charge is 2.34. The van der Waals surface area contributed by atoms with E-state index in [1.54, 1.807) is 24.3 Å². The molecule has 2 N–H and O–H groups in total. The summed E-state index contributed by atoms with van der Waals surface area (Å²) >= 11 is 1.28. The van der Waals surface area contributed by atoms with E-state index >= 15 is 0 Å². The van der Waals surface area contributed by atoms with Gasteiger partial charge < -0.3 is 24.5 Å². The highest BCUT2D eigenvalue weighted by atomic mass is 32.2. The van der Waals surface area contributed by atoms with E-state index in [9.17, 15) is 14.0 Å². The predicted octanol–water partition coefficient (Wildman–Crippen LogP) is 3.70. The van der Waals surface area contributed by atoms with E-state index in [-0.39, 0.29) is 29.5 Å². The molecular weight excluding hydrogens is 449 g/mol. The lowest BCUT2D eigenvalue weighted by Crippen LogP contribution is -2.31. The lowest BCUT2D eigenvalue weighted by molar-refractivity contribution is -0.116. The van der Waals surface area contributed by atoms with Crippen molar-refractivity contribution < 1.29 is 23.4 Å². The predicted molar refractivity (Wildman–Crippen MR) is 122 cm³/mol. The number of ether oxygens (including phenoxy) is 3. The summed E-state index contributed by atoms with van der Waals surface area (Å²) in [5.74, 6) is 0.744. The maximum Gasteiger partial charge on any atom is 0.257 e. The van der Waals surface area contributed by atoms with Gasteiger partial charge in [-0.15, -0.1) is 0 Å². The number of hydrogen-bond donors (Lipinski definition) is 2. The van der Waals surface area contributed by atoms with Crippen LogP contribution in [0.3, 0.4) is 0 Å². The number of carbonyl (C=O) groups excluding carboxylic acids is 1. The summed E-state index contributed by atoms with van der Waals surface area (Å²) in [6.45, 7) is 0. The van der Waals surface area contributed by atoms with E-state index in [0.29, 0.717) is 39.3 Å². The Morgan fingerprint density at radius 2 is 1.76 bits per heavy atom. The normalized spacial score (nSPS) is 14.9. The number of carbonyl (C=O) groups is 1. The topological polar surface area (TPSA) is 103 Å². The van der Waals surface area contributed by atoms with E-state index in [4.69, 9.17) is 14.2 Å². The first kappa shape index (κ1) is 22.7. The highest BCUT2D eigenvalue weighted by Crippen LogP contribution is 2.46. The summed E-state index contributed by atoms with van der Waals surface area (Å²) in [5, 5.41) is 3.06. The van der Waals surface area contributed by atoms with Crippen molar-refractivity contribution >= 4 is 23.5 Å². The molecule has 0 fully saturated rings. The summed E-state index contributed by atoms with van der Waals surface area (Å²) in [6, 6.07) is 9.54. The lowest BCUT2D eigenvalue weighted by Gasteiger charge is -2.26. The lowest BCUT2D eigenvalue weighted by atomic mass is 9.86. The van der Waals surface area contributed by atoms with Crippen LogP contribution in [0.25, 0.3) is 0 Å². The number of hydrogen-bond acceptors (Lipinski definition) is 7.